The van der Waals surface area contributed by atoms with Crippen LogP contribution in [0.15, 0.2) is 34.0 Å². The monoisotopic (exact) mass is 469 g/mol. The van der Waals surface area contributed by atoms with Crippen molar-refractivity contribution in [2.45, 2.75) is 18.1 Å². The average molecular weight is 470 g/mol. The van der Waals surface area contributed by atoms with E-state index in [0.717, 1.165) is 12.3 Å². The van der Waals surface area contributed by atoms with Crippen molar-refractivity contribution in [3.05, 3.63) is 30.2 Å². The van der Waals surface area contributed by atoms with E-state index in [-0.39, 0.29) is 5.52 Å². The van der Waals surface area contributed by atoms with E-state index in [0.29, 0.717) is 39.1 Å². The number of hydrogen-bond donors (Lipinski definition) is 0. The van der Waals surface area contributed by atoms with Crippen LogP contribution in [0.3, 0.4) is 0 Å². The maximum absolute atomic E-state index is 13.1. The molecule has 0 aliphatic heterocycles. The van der Waals surface area contributed by atoms with Gasteiger partial charge < -0.3 is 4.57 Å². The lowest BCUT2D eigenvalue weighted by atomic mass is 10.2. The zero-order valence-corrected chi connectivity index (χ0v) is 18.6. The molecule has 4 rings (SSSR count). The zero-order chi connectivity index (χ0) is 22.6. The average Bonchev–Trinajstić information content (AvgIpc) is 3.16. The standard InChI is InChI=1S/C18H18F3N7OS2/c1-5-30-17-13(15-23-8-11(9-28(15)25-17)26-31(3,4)29)16-24-12-6-10(18(19,20)21)7-22-14(12)27(16)2/h6-9H,5H2,1-4H3. The van der Waals surface area contributed by atoms with Gasteiger partial charge in [-0.15, -0.1) is 11.8 Å². The fourth-order valence-corrected chi connectivity index (χ4v) is 4.44. The van der Waals surface area contributed by atoms with Crippen LogP contribution in [0.25, 0.3) is 28.2 Å². The summed E-state index contributed by atoms with van der Waals surface area (Å²) in [4.78, 5) is 12.8. The summed E-state index contributed by atoms with van der Waals surface area (Å²) in [6.45, 7) is 1.96. The smallest absolute Gasteiger partial charge is 0.312 e. The largest absolute Gasteiger partial charge is 0.417 e. The number of aromatic nitrogens is 6. The molecule has 0 atom stereocenters. The SMILES string of the molecule is CCSc1nn2cc(N=S(C)(C)=O)cnc2c1-c1nc2cc(C(F)(F)F)cnc2n1C. The molecular formula is C18H18F3N7OS2. The zero-order valence-electron chi connectivity index (χ0n) is 17.0. The number of pyridine rings is 1. The van der Waals surface area contributed by atoms with E-state index in [9.17, 15) is 17.4 Å². The third-order valence-electron chi connectivity index (χ3n) is 4.29. The van der Waals surface area contributed by atoms with Crippen LogP contribution in [-0.2, 0) is 23.0 Å². The predicted octanol–water partition coefficient (Wildman–Crippen LogP) is 4.17. The molecular weight excluding hydrogens is 451 g/mol. The van der Waals surface area contributed by atoms with Crippen molar-refractivity contribution in [3.63, 3.8) is 0 Å². The van der Waals surface area contributed by atoms with E-state index in [1.165, 1.54) is 35.0 Å². The molecule has 0 N–H and O–H groups in total. The van der Waals surface area contributed by atoms with E-state index in [1.54, 1.807) is 17.8 Å². The molecule has 13 heteroatoms. The van der Waals surface area contributed by atoms with Crippen LogP contribution in [0.2, 0.25) is 0 Å². The number of imidazole rings is 1. The van der Waals surface area contributed by atoms with Gasteiger partial charge in [-0.2, -0.15) is 22.6 Å². The Hall–Kier alpha value is -2.67. The molecule has 31 heavy (non-hydrogen) atoms. The lowest BCUT2D eigenvalue weighted by molar-refractivity contribution is -0.137. The summed E-state index contributed by atoms with van der Waals surface area (Å²) < 4.78 is 58.6. The molecule has 164 valence electrons. The summed E-state index contributed by atoms with van der Waals surface area (Å²) in [6.07, 6.45) is 2.42. The molecule has 0 amide bonds. The first-order valence-corrected chi connectivity index (χ1v) is 12.4. The molecule has 0 unspecified atom stereocenters. The van der Waals surface area contributed by atoms with Gasteiger partial charge in [-0.25, -0.2) is 23.7 Å². The molecule has 0 aliphatic carbocycles. The lowest BCUT2D eigenvalue weighted by Crippen LogP contribution is -2.05. The van der Waals surface area contributed by atoms with Crippen LogP contribution in [0.1, 0.15) is 12.5 Å². The van der Waals surface area contributed by atoms with Crippen molar-refractivity contribution in [1.82, 2.24) is 29.1 Å². The second kappa shape index (κ2) is 7.48. The van der Waals surface area contributed by atoms with Crippen molar-refractivity contribution in [2.24, 2.45) is 11.4 Å². The number of alkyl halides is 3. The summed E-state index contributed by atoms with van der Waals surface area (Å²) in [5, 5.41) is 5.17. The highest BCUT2D eigenvalue weighted by molar-refractivity contribution is 7.99. The van der Waals surface area contributed by atoms with Crippen molar-refractivity contribution in [2.75, 3.05) is 18.3 Å². The molecule has 0 bridgehead atoms. The predicted molar refractivity (Wildman–Crippen MR) is 114 cm³/mol. The number of hydrogen-bond acceptors (Lipinski definition) is 7. The number of thioether (sulfide) groups is 1. The van der Waals surface area contributed by atoms with Crippen LogP contribution in [0.5, 0.6) is 0 Å². The molecule has 4 heterocycles. The Labute approximate surface area is 180 Å². The minimum absolute atomic E-state index is 0.127. The summed E-state index contributed by atoms with van der Waals surface area (Å²) in [6, 6.07) is 0.980. The maximum Gasteiger partial charge on any atom is 0.417 e. The second-order valence-electron chi connectivity index (χ2n) is 7.02. The molecule has 4 aromatic rings. The van der Waals surface area contributed by atoms with E-state index < -0.39 is 21.5 Å². The number of halogens is 3. The highest BCUT2D eigenvalue weighted by atomic mass is 32.2. The van der Waals surface area contributed by atoms with Gasteiger partial charge in [-0.1, -0.05) is 6.92 Å². The summed E-state index contributed by atoms with van der Waals surface area (Å²) in [7, 11) is -0.697. The fourth-order valence-electron chi connectivity index (χ4n) is 3.09. The Morgan fingerprint density at radius 2 is 1.90 bits per heavy atom. The van der Waals surface area contributed by atoms with Gasteiger partial charge in [0.15, 0.2) is 11.3 Å². The summed E-state index contributed by atoms with van der Waals surface area (Å²) >= 11 is 1.45. The van der Waals surface area contributed by atoms with Gasteiger partial charge in [-0.05, 0) is 11.8 Å². The minimum Gasteiger partial charge on any atom is -0.312 e. The van der Waals surface area contributed by atoms with Gasteiger partial charge in [-0.3, -0.25) is 0 Å². The van der Waals surface area contributed by atoms with Crippen LogP contribution in [0.4, 0.5) is 18.9 Å². The molecule has 4 aromatic heterocycles. The van der Waals surface area contributed by atoms with E-state index >= 15 is 0 Å². The Bertz CT molecular complexity index is 1420. The number of aryl methyl sites for hydroxylation is 1. The van der Waals surface area contributed by atoms with Gasteiger partial charge >= 0.3 is 6.18 Å². The lowest BCUT2D eigenvalue weighted by Gasteiger charge is -2.05. The second-order valence-corrected chi connectivity index (χ2v) is 10.8. The summed E-state index contributed by atoms with van der Waals surface area (Å²) in [5.74, 6) is 1.12. The Morgan fingerprint density at radius 3 is 2.55 bits per heavy atom. The molecule has 8 nitrogen and oxygen atoms in total. The van der Waals surface area contributed by atoms with Crippen molar-refractivity contribution in [1.29, 1.82) is 0 Å². The molecule has 0 saturated heterocycles. The van der Waals surface area contributed by atoms with Gasteiger partial charge in [0.25, 0.3) is 0 Å². The van der Waals surface area contributed by atoms with Crippen molar-refractivity contribution >= 4 is 44.0 Å². The first-order chi connectivity index (χ1) is 14.5. The normalized spacial score (nSPS) is 12.7. The maximum atomic E-state index is 13.1. The number of rotatable bonds is 4. The highest BCUT2D eigenvalue weighted by Gasteiger charge is 2.32. The van der Waals surface area contributed by atoms with E-state index in [1.807, 2.05) is 6.92 Å². The fraction of sp³-hybridized carbons (Fsp3) is 0.333. The number of fused-ring (bicyclic) bond motifs is 2. The first kappa shape index (κ1) is 21.6. The van der Waals surface area contributed by atoms with Gasteiger partial charge in [0.05, 0.1) is 23.5 Å². The van der Waals surface area contributed by atoms with Crippen LogP contribution < -0.4 is 0 Å². The molecule has 0 saturated carbocycles. The Balaban J connectivity index is 1.96. The Morgan fingerprint density at radius 1 is 1.19 bits per heavy atom. The van der Waals surface area contributed by atoms with Crippen LogP contribution >= 0.6 is 11.8 Å². The molecule has 0 aliphatic rings. The summed E-state index contributed by atoms with van der Waals surface area (Å²) in [5.41, 5.74) is 1.04. The van der Waals surface area contributed by atoms with Crippen LogP contribution in [-0.4, -0.2) is 51.6 Å². The topological polar surface area (TPSA) is 90.3 Å². The highest BCUT2D eigenvalue weighted by Crippen LogP contribution is 2.36. The van der Waals surface area contributed by atoms with Crippen LogP contribution in [0, 0.1) is 0 Å². The van der Waals surface area contributed by atoms with Crippen molar-refractivity contribution in [3.8, 4) is 11.4 Å². The molecule has 0 aromatic carbocycles. The Kier molecular flexibility index (Phi) is 5.20. The van der Waals surface area contributed by atoms with Crippen molar-refractivity contribution < 1.29 is 17.4 Å². The molecule has 0 radical (unpaired) electrons. The molecule has 0 spiro atoms. The quantitative estimate of drug-likeness (QED) is 0.417. The van der Waals surface area contributed by atoms with Gasteiger partial charge in [0.2, 0.25) is 0 Å². The van der Waals surface area contributed by atoms with Gasteiger partial charge in [0.1, 0.15) is 22.1 Å². The van der Waals surface area contributed by atoms with Gasteiger partial charge in [0, 0.05) is 35.5 Å². The van der Waals surface area contributed by atoms with E-state index in [4.69, 9.17) is 0 Å². The molecule has 0 fully saturated rings. The minimum atomic E-state index is -4.51. The third-order valence-corrected chi connectivity index (χ3v) is 5.79. The third kappa shape index (κ3) is 4.11. The van der Waals surface area contributed by atoms with E-state index in [2.05, 4.69) is 24.4 Å². The number of nitrogens with zero attached hydrogens (tertiary/aromatic N) is 7. The first-order valence-electron chi connectivity index (χ1n) is 9.06.